The lowest BCUT2D eigenvalue weighted by molar-refractivity contribution is -0.142. The Morgan fingerprint density at radius 2 is 1.95 bits per heavy atom. The summed E-state index contributed by atoms with van der Waals surface area (Å²) in [4.78, 5) is 34.3. The molecule has 0 unspecified atom stereocenters. The van der Waals surface area contributed by atoms with Crippen LogP contribution in [-0.2, 0) is 14.3 Å². The van der Waals surface area contributed by atoms with Crippen LogP contribution in [0.5, 0.6) is 0 Å². The normalized spacial score (nSPS) is 11.6. The highest BCUT2D eigenvalue weighted by molar-refractivity contribution is 5.97. The van der Waals surface area contributed by atoms with Gasteiger partial charge in [0.2, 0.25) is 0 Å². The van der Waals surface area contributed by atoms with E-state index >= 15 is 0 Å². The van der Waals surface area contributed by atoms with Crippen LogP contribution in [0.15, 0.2) is 18.2 Å². The monoisotopic (exact) mass is 293 g/mol. The van der Waals surface area contributed by atoms with Crippen LogP contribution in [-0.4, -0.2) is 36.1 Å². The molecule has 0 saturated heterocycles. The number of rotatable bonds is 6. The summed E-state index contributed by atoms with van der Waals surface area (Å²) >= 11 is 0. The summed E-state index contributed by atoms with van der Waals surface area (Å²) in [6.07, 6.45) is -0.0840. The van der Waals surface area contributed by atoms with Gasteiger partial charge in [-0.3, -0.25) is 9.59 Å². The highest BCUT2D eigenvalue weighted by Crippen LogP contribution is 2.11. The van der Waals surface area contributed by atoms with Crippen molar-refractivity contribution in [3.63, 3.8) is 0 Å². The van der Waals surface area contributed by atoms with Crippen LogP contribution < -0.4 is 5.32 Å². The number of aliphatic carboxylic acids is 1. The lowest BCUT2D eigenvalue weighted by Gasteiger charge is -2.15. The molecule has 6 heteroatoms. The van der Waals surface area contributed by atoms with Gasteiger partial charge >= 0.3 is 11.9 Å². The van der Waals surface area contributed by atoms with Crippen molar-refractivity contribution in [3.8, 4) is 0 Å². The Morgan fingerprint density at radius 1 is 1.29 bits per heavy atom. The van der Waals surface area contributed by atoms with E-state index in [0.717, 1.165) is 11.1 Å². The number of carbonyl (C=O) groups is 3. The van der Waals surface area contributed by atoms with Crippen molar-refractivity contribution in [2.45, 2.75) is 32.7 Å². The van der Waals surface area contributed by atoms with Gasteiger partial charge in [0.15, 0.2) is 0 Å². The second kappa shape index (κ2) is 7.42. The first-order chi connectivity index (χ1) is 9.85. The molecular formula is C15H19NO5. The number of ether oxygens (including phenoxy) is 1. The highest BCUT2D eigenvalue weighted by Gasteiger charge is 2.22. The molecule has 21 heavy (non-hydrogen) atoms. The number of nitrogens with one attached hydrogen (secondary N) is 1. The number of carboxylic acid groups (broad SMARTS) is 1. The zero-order valence-corrected chi connectivity index (χ0v) is 12.3. The number of carbonyl (C=O) groups excluding carboxylic acids is 2. The zero-order chi connectivity index (χ0) is 16.0. The predicted octanol–water partition coefficient (Wildman–Crippen LogP) is 1.44. The fraction of sp³-hybridized carbons (Fsp3) is 0.400. The van der Waals surface area contributed by atoms with Crippen LogP contribution in [0.2, 0.25) is 0 Å². The molecule has 0 saturated carbocycles. The first-order valence-corrected chi connectivity index (χ1v) is 6.53. The number of methoxy groups -OCH3 is 1. The average Bonchev–Trinajstić information content (AvgIpc) is 2.42. The molecule has 2 N–H and O–H groups in total. The van der Waals surface area contributed by atoms with Crippen LogP contribution in [0.1, 0.15) is 34.3 Å². The van der Waals surface area contributed by atoms with Gasteiger partial charge in [-0.05, 0) is 31.9 Å². The zero-order valence-electron chi connectivity index (χ0n) is 12.3. The van der Waals surface area contributed by atoms with Crippen LogP contribution in [0, 0.1) is 13.8 Å². The molecule has 0 heterocycles. The quantitative estimate of drug-likeness (QED) is 0.774. The van der Waals surface area contributed by atoms with Crippen molar-refractivity contribution >= 4 is 17.8 Å². The number of carboxylic acids is 1. The van der Waals surface area contributed by atoms with Gasteiger partial charge < -0.3 is 15.2 Å². The van der Waals surface area contributed by atoms with Crippen LogP contribution in [0.4, 0.5) is 0 Å². The van der Waals surface area contributed by atoms with E-state index in [1.807, 2.05) is 13.0 Å². The van der Waals surface area contributed by atoms with E-state index in [-0.39, 0.29) is 12.8 Å². The molecular weight excluding hydrogens is 274 g/mol. The average molecular weight is 293 g/mol. The fourth-order valence-electron chi connectivity index (χ4n) is 1.93. The Morgan fingerprint density at radius 3 is 2.48 bits per heavy atom. The Bertz CT molecular complexity index is 553. The maximum Gasteiger partial charge on any atom is 0.326 e. The lowest BCUT2D eigenvalue weighted by Crippen LogP contribution is -2.41. The Balaban J connectivity index is 2.76. The van der Waals surface area contributed by atoms with Gasteiger partial charge in [-0.1, -0.05) is 17.7 Å². The maximum atomic E-state index is 12.1. The second-order valence-corrected chi connectivity index (χ2v) is 4.80. The molecule has 0 aliphatic rings. The molecule has 0 radical (unpaired) electrons. The van der Waals surface area contributed by atoms with Gasteiger partial charge in [0, 0.05) is 12.0 Å². The van der Waals surface area contributed by atoms with E-state index in [0.29, 0.717) is 5.56 Å². The summed E-state index contributed by atoms with van der Waals surface area (Å²) in [5, 5.41) is 11.5. The van der Waals surface area contributed by atoms with Gasteiger partial charge in [0.05, 0.1) is 7.11 Å². The van der Waals surface area contributed by atoms with Crippen LogP contribution in [0.25, 0.3) is 0 Å². The van der Waals surface area contributed by atoms with E-state index < -0.39 is 23.9 Å². The number of aryl methyl sites for hydroxylation is 2. The minimum absolute atomic E-state index is 0.0152. The van der Waals surface area contributed by atoms with E-state index in [1.165, 1.54) is 7.11 Å². The molecule has 0 bridgehead atoms. The minimum Gasteiger partial charge on any atom is -0.480 e. The number of amides is 1. The van der Waals surface area contributed by atoms with Crippen LogP contribution >= 0.6 is 0 Å². The van der Waals surface area contributed by atoms with E-state index in [1.54, 1.807) is 19.1 Å². The number of benzene rings is 1. The molecule has 1 atom stereocenters. The molecule has 0 aliphatic carbocycles. The minimum atomic E-state index is -1.18. The number of hydrogen-bond donors (Lipinski definition) is 2. The molecule has 1 amide bonds. The molecule has 1 rings (SSSR count). The molecule has 0 spiro atoms. The number of esters is 1. The second-order valence-electron chi connectivity index (χ2n) is 4.80. The van der Waals surface area contributed by atoms with Crippen molar-refractivity contribution in [3.05, 3.63) is 34.9 Å². The third-order valence-electron chi connectivity index (χ3n) is 3.09. The third-order valence-corrected chi connectivity index (χ3v) is 3.09. The van der Waals surface area contributed by atoms with Gasteiger partial charge in [-0.2, -0.15) is 0 Å². The summed E-state index contributed by atoms with van der Waals surface area (Å²) < 4.78 is 4.46. The first-order valence-electron chi connectivity index (χ1n) is 6.53. The Labute approximate surface area is 123 Å². The molecule has 0 aliphatic heterocycles. The largest absolute Gasteiger partial charge is 0.480 e. The SMILES string of the molecule is COC(=O)CC[C@H](NC(=O)c1ccc(C)cc1C)C(=O)O. The standard InChI is InChI=1S/C15H19NO5/c1-9-4-5-11(10(2)8-9)14(18)16-12(15(19)20)6-7-13(17)21-3/h4-5,8,12H,6-7H2,1-3H3,(H,16,18)(H,19,20)/t12-/m0/s1. The summed E-state index contributed by atoms with van der Waals surface area (Å²) in [6.45, 7) is 3.69. The first kappa shape index (κ1) is 16.7. The van der Waals surface area contributed by atoms with Gasteiger partial charge in [0.25, 0.3) is 5.91 Å². The molecule has 114 valence electrons. The van der Waals surface area contributed by atoms with E-state index in [2.05, 4.69) is 10.1 Å². The van der Waals surface area contributed by atoms with E-state index in [4.69, 9.17) is 5.11 Å². The smallest absolute Gasteiger partial charge is 0.326 e. The Hall–Kier alpha value is -2.37. The lowest BCUT2D eigenvalue weighted by atomic mass is 10.0. The molecule has 0 aromatic heterocycles. The summed E-state index contributed by atoms with van der Waals surface area (Å²) in [6, 6.07) is 4.15. The molecule has 0 fully saturated rings. The molecule has 1 aromatic carbocycles. The predicted molar refractivity (Wildman–Crippen MR) is 76.1 cm³/mol. The van der Waals surface area contributed by atoms with Gasteiger partial charge in [-0.15, -0.1) is 0 Å². The summed E-state index contributed by atoms with van der Waals surface area (Å²) in [5.74, 6) is -2.16. The van der Waals surface area contributed by atoms with Crippen LogP contribution in [0.3, 0.4) is 0 Å². The molecule has 1 aromatic rings. The van der Waals surface area contributed by atoms with Gasteiger partial charge in [0.1, 0.15) is 6.04 Å². The highest BCUT2D eigenvalue weighted by atomic mass is 16.5. The van der Waals surface area contributed by atoms with Crippen molar-refractivity contribution in [1.29, 1.82) is 0 Å². The topological polar surface area (TPSA) is 92.7 Å². The fourth-order valence-corrected chi connectivity index (χ4v) is 1.93. The number of hydrogen-bond acceptors (Lipinski definition) is 4. The maximum absolute atomic E-state index is 12.1. The van der Waals surface area contributed by atoms with Crippen molar-refractivity contribution in [1.82, 2.24) is 5.32 Å². The van der Waals surface area contributed by atoms with E-state index in [9.17, 15) is 14.4 Å². The summed E-state index contributed by atoms with van der Waals surface area (Å²) in [7, 11) is 1.23. The summed E-state index contributed by atoms with van der Waals surface area (Å²) in [5.41, 5.74) is 2.21. The third kappa shape index (κ3) is 4.91. The van der Waals surface area contributed by atoms with Crippen molar-refractivity contribution in [2.24, 2.45) is 0 Å². The van der Waals surface area contributed by atoms with Crippen molar-refractivity contribution < 1.29 is 24.2 Å². The van der Waals surface area contributed by atoms with Gasteiger partial charge in [-0.25, -0.2) is 4.79 Å². The molecule has 6 nitrogen and oxygen atoms in total. The Kier molecular flexibility index (Phi) is 5.90. The van der Waals surface area contributed by atoms with Crippen molar-refractivity contribution in [2.75, 3.05) is 7.11 Å².